The van der Waals surface area contributed by atoms with E-state index < -0.39 is 0 Å². The maximum absolute atomic E-state index is 5.30. The fraction of sp³-hybridized carbons (Fsp3) is 0.286. The Morgan fingerprint density at radius 1 is 1.39 bits per heavy atom. The molecule has 1 heterocycles. The molecule has 2 aromatic rings. The predicted molar refractivity (Wildman–Crippen MR) is 72.4 cm³/mol. The quantitative estimate of drug-likeness (QED) is 0.754. The number of hydrogen-bond acceptors (Lipinski definition) is 3. The van der Waals surface area contributed by atoms with Gasteiger partial charge < -0.3 is 4.74 Å². The lowest BCUT2D eigenvalue weighted by Crippen LogP contribution is -1.94. The van der Waals surface area contributed by atoms with E-state index in [-0.39, 0.29) is 0 Å². The Bertz CT molecular complexity index is 531. The third-order valence-corrected chi connectivity index (χ3v) is 2.67. The van der Waals surface area contributed by atoms with Gasteiger partial charge in [0.15, 0.2) is 0 Å². The molecule has 94 valence electrons. The third-order valence-electron chi connectivity index (χ3n) is 2.67. The molecule has 0 aliphatic heterocycles. The number of methoxy groups -OCH3 is 1. The van der Waals surface area contributed by atoms with Crippen molar-refractivity contribution in [1.82, 2.24) is 9.78 Å². The Hall–Kier alpha value is -2.10. The number of aryl methyl sites for hydroxylation is 1. The van der Waals surface area contributed by atoms with Crippen LogP contribution in [-0.4, -0.2) is 29.6 Å². The first kappa shape index (κ1) is 12.4. The van der Waals surface area contributed by atoms with Crippen LogP contribution in [0.2, 0.25) is 0 Å². The van der Waals surface area contributed by atoms with Crippen LogP contribution in [0.5, 0.6) is 5.75 Å². The van der Waals surface area contributed by atoms with Gasteiger partial charge in [0.25, 0.3) is 0 Å². The average Bonchev–Trinajstić information content (AvgIpc) is 2.81. The van der Waals surface area contributed by atoms with E-state index in [4.69, 9.17) is 4.74 Å². The zero-order valence-corrected chi connectivity index (χ0v) is 10.7. The SMILES string of the molecule is COc1ccccc1CCN=Cc1cnn(C)c1. The van der Waals surface area contributed by atoms with Gasteiger partial charge in [-0.2, -0.15) is 5.10 Å². The summed E-state index contributed by atoms with van der Waals surface area (Å²) in [5, 5.41) is 4.09. The van der Waals surface area contributed by atoms with Gasteiger partial charge in [0.05, 0.1) is 13.3 Å². The number of benzene rings is 1. The highest BCUT2D eigenvalue weighted by Gasteiger charge is 1.99. The number of aliphatic imine (C=N–C) groups is 1. The van der Waals surface area contributed by atoms with Crippen molar-refractivity contribution in [1.29, 1.82) is 0 Å². The molecule has 2 rings (SSSR count). The summed E-state index contributed by atoms with van der Waals surface area (Å²) in [6, 6.07) is 8.03. The van der Waals surface area contributed by atoms with E-state index in [1.165, 1.54) is 5.56 Å². The van der Waals surface area contributed by atoms with Crippen LogP contribution in [0.15, 0.2) is 41.7 Å². The molecular weight excluding hydrogens is 226 g/mol. The molecule has 0 aliphatic rings. The number of nitrogens with zero attached hydrogens (tertiary/aromatic N) is 3. The van der Waals surface area contributed by atoms with E-state index in [1.54, 1.807) is 18.0 Å². The standard InChI is InChI=1S/C14H17N3O/c1-17-11-12(10-16-17)9-15-8-7-13-5-3-4-6-14(13)18-2/h3-6,9-11H,7-8H2,1-2H3. The minimum absolute atomic E-state index is 0.745. The summed E-state index contributed by atoms with van der Waals surface area (Å²) in [6.07, 6.45) is 6.46. The molecule has 0 radical (unpaired) electrons. The van der Waals surface area contributed by atoms with Gasteiger partial charge in [-0.25, -0.2) is 0 Å². The monoisotopic (exact) mass is 243 g/mol. The third kappa shape index (κ3) is 3.20. The molecule has 4 nitrogen and oxygen atoms in total. The van der Waals surface area contributed by atoms with Gasteiger partial charge in [0, 0.05) is 31.6 Å². The van der Waals surface area contributed by atoms with Crippen LogP contribution in [0.4, 0.5) is 0 Å². The van der Waals surface area contributed by atoms with E-state index >= 15 is 0 Å². The summed E-state index contributed by atoms with van der Waals surface area (Å²) in [7, 11) is 3.59. The minimum Gasteiger partial charge on any atom is -0.496 e. The second kappa shape index (κ2) is 6.00. The number of hydrogen-bond donors (Lipinski definition) is 0. The molecule has 0 N–H and O–H groups in total. The van der Waals surface area contributed by atoms with Crippen LogP contribution in [0, 0.1) is 0 Å². The number of aromatic nitrogens is 2. The van der Waals surface area contributed by atoms with Crippen molar-refractivity contribution >= 4 is 6.21 Å². The summed E-state index contributed by atoms with van der Waals surface area (Å²) in [4.78, 5) is 4.39. The highest BCUT2D eigenvalue weighted by Crippen LogP contribution is 2.17. The smallest absolute Gasteiger partial charge is 0.122 e. The zero-order valence-electron chi connectivity index (χ0n) is 10.7. The summed E-state index contributed by atoms with van der Waals surface area (Å²) in [6.45, 7) is 0.745. The van der Waals surface area contributed by atoms with Gasteiger partial charge in [0.1, 0.15) is 5.75 Å². The van der Waals surface area contributed by atoms with E-state index in [0.29, 0.717) is 0 Å². The van der Waals surface area contributed by atoms with E-state index in [0.717, 1.165) is 24.3 Å². The molecule has 0 spiro atoms. The van der Waals surface area contributed by atoms with Crippen LogP contribution in [0.1, 0.15) is 11.1 Å². The lowest BCUT2D eigenvalue weighted by atomic mass is 10.1. The molecule has 0 unspecified atom stereocenters. The van der Waals surface area contributed by atoms with Gasteiger partial charge in [-0.1, -0.05) is 18.2 Å². The number of ether oxygens (including phenoxy) is 1. The van der Waals surface area contributed by atoms with Crippen molar-refractivity contribution in [3.8, 4) is 5.75 Å². The van der Waals surface area contributed by atoms with Crippen molar-refractivity contribution < 1.29 is 4.74 Å². The molecule has 4 heteroatoms. The maximum atomic E-state index is 5.30. The van der Waals surface area contributed by atoms with E-state index in [1.807, 2.05) is 37.7 Å². The van der Waals surface area contributed by atoms with Gasteiger partial charge in [-0.3, -0.25) is 9.67 Å². The first-order valence-corrected chi connectivity index (χ1v) is 5.90. The molecule has 0 saturated heterocycles. The first-order chi connectivity index (χ1) is 8.79. The van der Waals surface area contributed by atoms with Crippen LogP contribution in [-0.2, 0) is 13.5 Å². The largest absolute Gasteiger partial charge is 0.496 e. The molecule has 0 saturated carbocycles. The Morgan fingerprint density at radius 2 is 2.22 bits per heavy atom. The van der Waals surface area contributed by atoms with Gasteiger partial charge in [-0.05, 0) is 18.1 Å². The lowest BCUT2D eigenvalue weighted by Gasteiger charge is -2.05. The fourth-order valence-corrected chi connectivity index (χ4v) is 1.77. The minimum atomic E-state index is 0.745. The van der Waals surface area contributed by atoms with Gasteiger partial charge >= 0.3 is 0 Å². The Kier molecular flexibility index (Phi) is 4.12. The molecular formula is C14H17N3O. The summed E-state index contributed by atoms with van der Waals surface area (Å²) in [5.41, 5.74) is 2.21. The van der Waals surface area contributed by atoms with Crippen molar-refractivity contribution in [3.05, 3.63) is 47.8 Å². The molecule has 1 aromatic carbocycles. The van der Waals surface area contributed by atoms with Gasteiger partial charge in [0.2, 0.25) is 0 Å². The number of para-hydroxylation sites is 1. The highest BCUT2D eigenvalue weighted by atomic mass is 16.5. The second-order valence-corrected chi connectivity index (χ2v) is 4.04. The Labute approximate surface area is 107 Å². The van der Waals surface area contributed by atoms with Crippen LogP contribution < -0.4 is 4.74 Å². The zero-order chi connectivity index (χ0) is 12.8. The van der Waals surface area contributed by atoms with E-state index in [9.17, 15) is 0 Å². The van der Waals surface area contributed by atoms with Crippen molar-refractivity contribution in [3.63, 3.8) is 0 Å². The fourth-order valence-electron chi connectivity index (χ4n) is 1.77. The molecule has 0 atom stereocenters. The lowest BCUT2D eigenvalue weighted by molar-refractivity contribution is 0.410. The maximum Gasteiger partial charge on any atom is 0.122 e. The van der Waals surface area contributed by atoms with Crippen molar-refractivity contribution in [2.24, 2.45) is 12.0 Å². The van der Waals surface area contributed by atoms with Crippen LogP contribution in [0.3, 0.4) is 0 Å². The molecule has 0 fully saturated rings. The molecule has 0 amide bonds. The molecule has 0 aliphatic carbocycles. The average molecular weight is 243 g/mol. The first-order valence-electron chi connectivity index (χ1n) is 5.90. The summed E-state index contributed by atoms with van der Waals surface area (Å²) < 4.78 is 7.06. The molecule has 0 bridgehead atoms. The second-order valence-electron chi connectivity index (χ2n) is 4.04. The number of rotatable bonds is 5. The van der Waals surface area contributed by atoms with Crippen molar-refractivity contribution in [2.75, 3.05) is 13.7 Å². The van der Waals surface area contributed by atoms with Crippen LogP contribution in [0.25, 0.3) is 0 Å². The summed E-state index contributed by atoms with van der Waals surface area (Å²) in [5.74, 6) is 0.925. The van der Waals surface area contributed by atoms with E-state index in [2.05, 4.69) is 16.2 Å². The highest BCUT2D eigenvalue weighted by molar-refractivity contribution is 5.78. The predicted octanol–water partition coefficient (Wildman–Crippen LogP) is 2.09. The summed E-state index contributed by atoms with van der Waals surface area (Å²) >= 11 is 0. The molecule has 18 heavy (non-hydrogen) atoms. The normalized spacial score (nSPS) is 11.0. The topological polar surface area (TPSA) is 39.4 Å². The Morgan fingerprint density at radius 3 is 2.94 bits per heavy atom. The molecule has 1 aromatic heterocycles. The van der Waals surface area contributed by atoms with Crippen molar-refractivity contribution in [2.45, 2.75) is 6.42 Å². The van der Waals surface area contributed by atoms with Gasteiger partial charge in [-0.15, -0.1) is 0 Å². The Balaban J connectivity index is 1.90. The van der Waals surface area contributed by atoms with Crippen LogP contribution >= 0.6 is 0 Å².